The minimum absolute atomic E-state index is 0.0704. The molecule has 3 heterocycles. The van der Waals surface area contributed by atoms with Gasteiger partial charge in [0, 0.05) is 18.8 Å². The number of halogens is 2. The lowest BCUT2D eigenvalue weighted by molar-refractivity contribution is -0.143. The van der Waals surface area contributed by atoms with Crippen LogP contribution in [0.3, 0.4) is 0 Å². The molecule has 210 valence electrons. The van der Waals surface area contributed by atoms with E-state index in [1.54, 1.807) is 25.4 Å². The van der Waals surface area contributed by atoms with Crippen LogP contribution in [0.1, 0.15) is 55.3 Å². The second kappa shape index (κ2) is 10.4. The number of carbonyl (C=O) groups excluding carboxylic acids is 2. The third kappa shape index (κ3) is 4.84. The zero-order valence-corrected chi connectivity index (χ0v) is 22.8. The summed E-state index contributed by atoms with van der Waals surface area (Å²) in [5.41, 5.74) is 1.36. The maximum Gasteiger partial charge on any atom is 0.388 e. The Balaban J connectivity index is 1.45. The average Bonchev–Trinajstić information content (AvgIpc) is 3.72. The van der Waals surface area contributed by atoms with Crippen molar-refractivity contribution in [1.29, 1.82) is 0 Å². The van der Waals surface area contributed by atoms with Crippen LogP contribution >= 0.6 is 0 Å². The Labute approximate surface area is 230 Å². The molecule has 1 saturated carbocycles. The maximum atomic E-state index is 14.0. The third-order valence-electron chi connectivity index (χ3n) is 7.66. The van der Waals surface area contributed by atoms with Crippen molar-refractivity contribution in [2.45, 2.75) is 57.0 Å². The van der Waals surface area contributed by atoms with E-state index in [0.29, 0.717) is 43.1 Å². The van der Waals surface area contributed by atoms with Gasteiger partial charge in [-0.2, -0.15) is 8.78 Å². The highest BCUT2D eigenvalue weighted by molar-refractivity contribution is 6.02. The monoisotopic (exact) mass is 551 g/mol. The van der Waals surface area contributed by atoms with Gasteiger partial charge in [-0.05, 0) is 48.9 Å². The van der Waals surface area contributed by atoms with E-state index in [-0.39, 0.29) is 29.4 Å². The van der Waals surface area contributed by atoms with Gasteiger partial charge in [-0.25, -0.2) is 15.0 Å². The van der Waals surface area contributed by atoms with Crippen molar-refractivity contribution in [2.24, 2.45) is 0 Å². The van der Waals surface area contributed by atoms with Gasteiger partial charge in [-0.15, -0.1) is 0 Å². The number of aromatic nitrogens is 3. The van der Waals surface area contributed by atoms with Crippen LogP contribution < -0.4 is 15.0 Å². The van der Waals surface area contributed by atoms with E-state index in [4.69, 9.17) is 4.74 Å². The molecular formula is C29H31F2N5O4. The number of alkyl halides is 2. The molecule has 0 unspecified atom stereocenters. The van der Waals surface area contributed by atoms with E-state index in [1.807, 2.05) is 29.2 Å². The largest absolute Gasteiger partial charge is 0.468 e. The first-order valence-electron chi connectivity index (χ1n) is 13.1. The second-order valence-electron chi connectivity index (χ2n) is 10.7. The number of anilines is 2. The molecule has 2 aromatic heterocycles. The summed E-state index contributed by atoms with van der Waals surface area (Å²) < 4.78 is 35.7. The number of pyridine rings is 1. The Morgan fingerprint density at radius 2 is 1.70 bits per heavy atom. The van der Waals surface area contributed by atoms with Crippen molar-refractivity contribution < 1.29 is 27.8 Å². The number of ether oxygens (including phenoxy) is 2. The first kappa shape index (κ1) is 27.4. The molecule has 1 saturated heterocycles. The number of nitrogens with zero attached hydrogens (tertiary/aromatic N) is 4. The summed E-state index contributed by atoms with van der Waals surface area (Å²) in [6.07, 6.45) is 4.59. The molecule has 9 nitrogen and oxygen atoms in total. The van der Waals surface area contributed by atoms with Gasteiger partial charge in [0.25, 0.3) is 0 Å². The number of rotatable bonds is 9. The molecule has 1 amide bonds. The fourth-order valence-electron chi connectivity index (χ4n) is 5.28. The van der Waals surface area contributed by atoms with E-state index in [9.17, 15) is 18.4 Å². The van der Waals surface area contributed by atoms with Crippen molar-refractivity contribution in [1.82, 2.24) is 15.0 Å². The van der Waals surface area contributed by atoms with E-state index >= 15 is 0 Å². The summed E-state index contributed by atoms with van der Waals surface area (Å²) in [5, 5.41) is 2.81. The molecule has 1 N–H and O–H groups in total. The lowest BCUT2D eigenvalue weighted by Gasteiger charge is -2.51. The molecule has 2 aliphatic rings. The summed E-state index contributed by atoms with van der Waals surface area (Å²) in [5.74, 6) is -0.469. The standard InChI is InChI=1S/C29H31F2N5O4/c1-17(2)20-7-5-6-8-21(20)29(25(37)35-22-10-9-18(3)34-23(22)40-27(30)31)15-36(16-29)19-13-32-24(33-14-19)28(11-12-28)26(38)39-4/h5-10,13-14,17,27H,11-12,15-16H2,1-4H3,(H,35,37). The molecule has 2 fully saturated rings. The minimum Gasteiger partial charge on any atom is -0.468 e. The predicted molar refractivity (Wildman–Crippen MR) is 144 cm³/mol. The summed E-state index contributed by atoms with van der Waals surface area (Å²) in [6.45, 7) is 3.28. The lowest BCUT2D eigenvalue weighted by Crippen LogP contribution is -2.65. The highest BCUT2D eigenvalue weighted by Crippen LogP contribution is 2.48. The SMILES string of the molecule is COC(=O)C1(c2ncc(N3CC(C(=O)Nc4ccc(C)nc4OC(F)F)(c4ccccc4C(C)C)C3)cn2)CC1. The second-order valence-corrected chi connectivity index (χ2v) is 10.7. The van der Waals surface area contributed by atoms with Crippen molar-refractivity contribution in [3.05, 3.63) is 71.4 Å². The Hall–Kier alpha value is -4.15. The molecule has 5 rings (SSSR count). The summed E-state index contributed by atoms with van der Waals surface area (Å²) in [6, 6.07) is 10.9. The van der Waals surface area contributed by atoms with Crippen molar-refractivity contribution in [3.8, 4) is 5.88 Å². The Kier molecular flexibility index (Phi) is 7.16. The fraction of sp³-hybridized carbons (Fsp3) is 0.414. The van der Waals surface area contributed by atoms with E-state index < -0.39 is 17.4 Å². The van der Waals surface area contributed by atoms with Gasteiger partial charge in [0.2, 0.25) is 11.8 Å². The first-order chi connectivity index (χ1) is 19.1. The van der Waals surface area contributed by atoms with Gasteiger partial charge in [-0.1, -0.05) is 38.1 Å². The average molecular weight is 552 g/mol. The number of nitrogens with one attached hydrogen (secondary N) is 1. The molecular weight excluding hydrogens is 520 g/mol. The van der Waals surface area contributed by atoms with Gasteiger partial charge in [0.15, 0.2) is 0 Å². The molecule has 3 aromatic rings. The van der Waals surface area contributed by atoms with Crippen LogP contribution in [0.2, 0.25) is 0 Å². The van der Waals surface area contributed by atoms with E-state index in [1.165, 1.54) is 13.2 Å². The molecule has 1 aliphatic heterocycles. The van der Waals surface area contributed by atoms with Gasteiger partial charge in [0.05, 0.1) is 25.2 Å². The highest BCUT2D eigenvalue weighted by atomic mass is 19.3. The molecule has 40 heavy (non-hydrogen) atoms. The summed E-state index contributed by atoms with van der Waals surface area (Å²) >= 11 is 0. The van der Waals surface area contributed by atoms with E-state index in [2.05, 4.69) is 38.9 Å². The number of esters is 1. The Bertz CT molecular complexity index is 1420. The quantitative estimate of drug-likeness (QED) is 0.388. The van der Waals surface area contributed by atoms with Gasteiger partial charge in [-0.3, -0.25) is 9.59 Å². The van der Waals surface area contributed by atoms with Crippen LogP contribution in [0.25, 0.3) is 0 Å². The topological polar surface area (TPSA) is 107 Å². The molecule has 1 aromatic carbocycles. The molecule has 0 spiro atoms. The molecule has 11 heteroatoms. The van der Waals surface area contributed by atoms with Crippen LogP contribution in [0.15, 0.2) is 48.8 Å². The van der Waals surface area contributed by atoms with E-state index in [0.717, 1.165) is 11.1 Å². The molecule has 0 radical (unpaired) electrons. The normalized spacial score (nSPS) is 16.9. The van der Waals surface area contributed by atoms with Crippen LogP contribution in [-0.2, 0) is 25.2 Å². The van der Waals surface area contributed by atoms with Crippen LogP contribution in [0.4, 0.5) is 20.2 Å². The first-order valence-corrected chi connectivity index (χ1v) is 13.1. The number of hydrogen-bond acceptors (Lipinski definition) is 8. The van der Waals surface area contributed by atoms with Crippen LogP contribution in [0.5, 0.6) is 5.88 Å². The van der Waals surface area contributed by atoms with Gasteiger partial charge in [0.1, 0.15) is 22.3 Å². The van der Waals surface area contributed by atoms with Gasteiger partial charge >= 0.3 is 12.6 Å². The van der Waals surface area contributed by atoms with Crippen LogP contribution in [0, 0.1) is 6.92 Å². The fourth-order valence-corrected chi connectivity index (χ4v) is 5.28. The number of benzene rings is 1. The Morgan fingerprint density at radius 3 is 2.30 bits per heavy atom. The minimum atomic E-state index is -3.09. The van der Waals surface area contributed by atoms with Crippen LogP contribution in [-0.4, -0.2) is 53.6 Å². The zero-order chi connectivity index (χ0) is 28.7. The van der Waals surface area contributed by atoms with Crippen molar-refractivity contribution in [3.63, 3.8) is 0 Å². The smallest absolute Gasteiger partial charge is 0.388 e. The number of amides is 1. The number of methoxy groups -OCH3 is 1. The lowest BCUT2D eigenvalue weighted by atomic mass is 9.69. The Morgan fingerprint density at radius 1 is 1.02 bits per heavy atom. The van der Waals surface area contributed by atoms with Gasteiger partial charge < -0.3 is 19.7 Å². The maximum absolute atomic E-state index is 14.0. The zero-order valence-electron chi connectivity index (χ0n) is 22.8. The molecule has 0 atom stereocenters. The third-order valence-corrected chi connectivity index (χ3v) is 7.66. The number of aryl methyl sites for hydroxylation is 1. The summed E-state index contributed by atoms with van der Waals surface area (Å²) in [4.78, 5) is 41.2. The van der Waals surface area contributed by atoms with Crippen molar-refractivity contribution in [2.75, 3.05) is 30.4 Å². The number of hydrogen-bond donors (Lipinski definition) is 1. The molecule has 0 bridgehead atoms. The molecule has 1 aliphatic carbocycles. The summed E-state index contributed by atoms with van der Waals surface area (Å²) in [7, 11) is 1.35. The predicted octanol–water partition coefficient (Wildman–Crippen LogP) is 4.51. The van der Waals surface area contributed by atoms with Crippen molar-refractivity contribution >= 4 is 23.3 Å². The highest BCUT2D eigenvalue weighted by Gasteiger charge is 2.56. The number of carbonyl (C=O) groups is 2.